The third-order valence-electron chi connectivity index (χ3n) is 3.24. The average Bonchev–Trinajstić information content (AvgIpc) is 2.80. The van der Waals surface area contributed by atoms with Crippen molar-refractivity contribution in [3.8, 4) is 0 Å². The first-order valence-electron chi connectivity index (χ1n) is 6.90. The summed E-state index contributed by atoms with van der Waals surface area (Å²) in [5, 5.41) is 4.04. The quantitative estimate of drug-likeness (QED) is 0.704. The third-order valence-corrected chi connectivity index (χ3v) is 3.24. The molecule has 97 valence electrons. The lowest BCUT2D eigenvalue weighted by molar-refractivity contribution is 0.603. The normalized spacial score (nSPS) is 11.2. The summed E-state index contributed by atoms with van der Waals surface area (Å²) in [6.45, 7) is 4.29. The van der Waals surface area contributed by atoms with E-state index in [1.807, 2.05) is 6.92 Å². The van der Waals surface area contributed by atoms with Crippen LogP contribution in [0.1, 0.15) is 56.7 Å². The largest absolute Gasteiger partial charge is 0.253 e. The second kappa shape index (κ2) is 6.47. The van der Waals surface area contributed by atoms with Crippen LogP contribution in [0.25, 0.3) is 5.78 Å². The van der Waals surface area contributed by atoms with Gasteiger partial charge < -0.3 is 0 Å². The van der Waals surface area contributed by atoms with Crippen LogP contribution in [-0.2, 0) is 6.42 Å². The summed E-state index contributed by atoms with van der Waals surface area (Å²) in [5.41, 5.74) is 2.20. The van der Waals surface area contributed by atoms with Gasteiger partial charge in [-0.15, -0.1) is 0 Å². The van der Waals surface area contributed by atoms with Crippen LogP contribution < -0.4 is 0 Å². The molecule has 2 aromatic rings. The van der Waals surface area contributed by atoms with E-state index in [2.05, 4.69) is 28.2 Å². The topological polar surface area (TPSA) is 43.1 Å². The summed E-state index contributed by atoms with van der Waals surface area (Å²) in [4.78, 5) is 8.63. The number of aromatic nitrogens is 4. The zero-order valence-electron chi connectivity index (χ0n) is 11.3. The van der Waals surface area contributed by atoms with Crippen LogP contribution in [0, 0.1) is 13.1 Å². The maximum Gasteiger partial charge on any atom is 0.253 e. The molecular weight excluding hydrogens is 224 g/mol. The highest BCUT2D eigenvalue weighted by Crippen LogP contribution is 2.11. The fraction of sp³-hybridized carbons (Fsp3) is 0.643. The van der Waals surface area contributed by atoms with Crippen molar-refractivity contribution in [1.82, 2.24) is 19.6 Å². The van der Waals surface area contributed by atoms with Gasteiger partial charge in [0, 0.05) is 5.69 Å². The zero-order chi connectivity index (χ0) is 12.8. The number of fused-ring (bicyclic) bond motifs is 1. The molecule has 0 bridgehead atoms. The number of unbranched alkanes of at least 4 members (excludes halogenated alkanes) is 5. The number of hydrogen-bond acceptors (Lipinski definition) is 3. The molecule has 0 aliphatic heterocycles. The van der Waals surface area contributed by atoms with Gasteiger partial charge in [-0.2, -0.15) is 14.6 Å². The van der Waals surface area contributed by atoms with Gasteiger partial charge in [0.25, 0.3) is 5.78 Å². The van der Waals surface area contributed by atoms with Crippen LogP contribution in [0.2, 0.25) is 0 Å². The SMILES string of the molecule is CCCCCCCCc1nc2ncnn2[c]c1C. The summed E-state index contributed by atoms with van der Waals surface area (Å²) >= 11 is 0. The van der Waals surface area contributed by atoms with E-state index < -0.39 is 0 Å². The van der Waals surface area contributed by atoms with Crippen molar-refractivity contribution in [1.29, 1.82) is 0 Å². The summed E-state index contributed by atoms with van der Waals surface area (Å²) in [6.07, 6.45) is 13.6. The Kier molecular flexibility index (Phi) is 4.67. The van der Waals surface area contributed by atoms with E-state index in [-0.39, 0.29) is 0 Å². The Morgan fingerprint density at radius 1 is 1.17 bits per heavy atom. The smallest absolute Gasteiger partial charge is 0.216 e. The van der Waals surface area contributed by atoms with Gasteiger partial charge in [-0.1, -0.05) is 39.0 Å². The molecule has 2 rings (SSSR count). The molecule has 4 heteroatoms. The summed E-state index contributed by atoms with van der Waals surface area (Å²) in [7, 11) is 0. The van der Waals surface area contributed by atoms with E-state index in [9.17, 15) is 0 Å². The highest BCUT2D eigenvalue weighted by atomic mass is 15.3. The first-order chi connectivity index (χ1) is 8.81. The van der Waals surface area contributed by atoms with Gasteiger partial charge in [-0.25, -0.2) is 4.98 Å². The fourth-order valence-corrected chi connectivity index (χ4v) is 2.13. The van der Waals surface area contributed by atoms with Crippen molar-refractivity contribution in [2.45, 2.75) is 58.8 Å². The predicted octanol–water partition coefficient (Wildman–Crippen LogP) is 3.14. The fourth-order valence-electron chi connectivity index (χ4n) is 2.13. The lowest BCUT2D eigenvalue weighted by atomic mass is 10.1. The van der Waals surface area contributed by atoms with Crippen molar-refractivity contribution in [3.05, 3.63) is 23.8 Å². The summed E-state index contributed by atoms with van der Waals surface area (Å²) < 4.78 is 1.61. The lowest BCUT2D eigenvalue weighted by Crippen LogP contribution is -2.01. The minimum Gasteiger partial charge on any atom is -0.216 e. The molecule has 0 aliphatic rings. The van der Waals surface area contributed by atoms with E-state index in [4.69, 9.17) is 0 Å². The minimum atomic E-state index is 0.654. The molecule has 0 atom stereocenters. The molecule has 0 spiro atoms. The van der Waals surface area contributed by atoms with Gasteiger partial charge in [0.15, 0.2) is 0 Å². The Labute approximate surface area is 108 Å². The second-order valence-electron chi connectivity index (χ2n) is 4.78. The van der Waals surface area contributed by atoms with Crippen LogP contribution in [0.3, 0.4) is 0 Å². The Hall–Kier alpha value is -1.45. The second-order valence-corrected chi connectivity index (χ2v) is 4.78. The molecule has 0 saturated carbocycles. The zero-order valence-corrected chi connectivity index (χ0v) is 11.3. The van der Waals surface area contributed by atoms with E-state index in [1.165, 1.54) is 44.9 Å². The lowest BCUT2D eigenvalue weighted by Gasteiger charge is -2.04. The van der Waals surface area contributed by atoms with Gasteiger partial charge in [-0.05, 0) is 25.3 Å². The van der Waals surface area contributed by atoms with Crippen LogP contribution in [0.15, 0.2) is 6.33 Å². The van der Waals surface area contributed by atoms with Crippen molar-refractivity contribution < 1.29 is 0 Å². The van der Waals surface area contributed by atoms with Crippen molar-refractivity contribution in [3.63, 3.8) is 0 Å². The summed E-state index contributed by atoms with van der Waals surface area (Å²) in [5.74, 6) is 0.654. The highest BCUT2D eigenvalue weighted by molar-refractivity contribution is 5.29. The highest BCUT2D eigenvalue weighted by Gasteiger charge is 2.05. The minimum absolute atomic E-state index is 0.654. The molecule has 0 fully saturated rings. The van der Waals surface area contributed by atoms with Crippen molar-refractivity contribution in [2.24, 2.45) is 0 Å². The Morgan fingerprint density at radius 3 is 2.78 bits per heavy atom. The number of rotatable bonds is 7. The van der Waals surface area contributed by atoms with Gasteiger partial charge in [-0.3, -0.25) is 0 Å². The van der Waals surface area contributed by atoms with E-state index >= 15 is 0 Å². The molecule has 0 unspecified atom stereocenters. The Balaban J connectivity index is 1.85. The van der Waals surface area contributed by atoms with E-state index in [1.54, 1.807) is 4.52 Å². The number of aryl methyl sites for hydroxylation is 2. The van der Waals surface area contributed by atoms with Gasteiger partial charge in [0.2, 0.25) is 0 Å². The van der Waals surface area contributed by atoms with Crippen LogP contribution >= 0.6 is 0 Å². The molecule has 2 heterocycles. The maximum atomic E-state index is 4.53. The summed E-state index contributed by atoms with van der Waals surface area (Å²) in [6, 6.07) is 0. The molecule has 1 radical (unpaired) electrons. The maximum absolute atomic E-state index is 4.53. The molecular formula is C14H21N4. The van der Waals surface area contributed by atoms with Crippen LogP contribution in [-0.4, -0.2) is 19.6 Å². The van der Waals surface area contributed by atoms with Crippen molar-refractivity contribution >= 4 is 5.78 Å². The molecule has 0 aliphatic carbocycles. The third kappa shape index (κ3) is 3.28. The monoisotopic (exact) mass is 245 g/mol. The molecule has 0 amide bonds. The standard InChI is InChI=1S/C14H21N4/c1-3-4-5-6-7-8-9-13-12(2)10-18-14(17-13)15-11-16-18/h11H,3-9H2,1-2H3. The molecule has 4 nitrogen and oxygen atoms in total. The van der Waals surface area contributed by atoms with Crippen LogP contribution in [0.5, 0.6) is 0 Å². The Morgan fingerprint density at radius 2 is 1.94 bits per heavy atom. The van der Waals surface area contributed by atoms with Crippen molar-refractivity contribution in [2.75, 3.05) is 0 Å². The van der Waals surface area contributed by atoms with Gasteiger partial charge >= 0.3 is 0 Å². The first-order valence-corrected chi connectivity index (χ1v) is 6.90. The Bertz CT molecular complexity index is 489. The van der Waals surface area contributed by atoms with Gasteiger partial charge in [0.05, 0.1) is 6.20 Å². The number of nitrogens with zero attached hydrogens (tertiary/aromatic N) is 4. The van der Waals surface area contributed by atoms with Crippen LogP contribution in [0.4, 0.5) is 0 Å². The van der Waals surface area contributed by atoms with E-state index in [0.717, 1.165) is 17.7 Å². The number of hydrogen-bond donors (Lipinski definition) is 0. The molecule has 0 N–H and O–H groups in total. The first kappa shape index (κ1) is 13.0. The molecule has 0 aromatic carbocycles. The molecule has 0 saturated heterocycles. The molecule has 18 heavy (non-hydrogen) atoms. The van der Waals surface area contributed by atoms with Gasteiger partial charge in [0.1, 0.15) is 6.33 Å². The predicted molar refractivity (Wildman–Crippen MR) is 71.4 cm³/mol. The average molecular weight is 245 g/mol. The van der Waals surface area contributed by atoms with E-state index in [0.29, 0.717) is 5.78 Å². The molecule has 2 aromatic heterocycles.